The number of hydrogen-bond acceptors (Lipinski definition) is 4. The van der Waals surface area contributed by atoms with Gasteiger partial charge in [-0.05, 0) is 0 Å². The third-order valence-electron chi connectivity index (χ3n) is 1.26. The number of fused-ring (bicyclic) bond motifs is 1. The summed E-state index contributed by atoms with van der Waals surface area (Å²) in [5, 5.41) is 0. The van der Waals surface area contributed by atoms with Crippen LogP contribution in [0.25, 0.3) is 0 Å². The number of rotatable bonds is 0. The minimum absolute atomic E-state index is 0.253. The molecule has 0 aromatic carbocycles. The predicted octanol–water partition coefficient (Wildman–Crippen LogP) is -0.0619. The Morgan fingerprint density at radius 3 is 3.00 bits per heavy atom. The van der Waals surface area contributed by atoms with Crippen molar-refractivity contribution in [2.45, 2.75) is 6.42 Å². The molecule has 0 amide bonds. The molecule has 0 fully saturated rings. The second-order valence-corrected chi connectivity index (χ2v) is 1.96. The fourth-order valence-electron chi connectivity index (χ4n) is 0.841. The second-order valence-electron chi connectivity index (χ2n) is 1.96. The Bertz CT molecular complexity index is 258. The number of ether oxygens (including phenoxy) is 1. The van der Waals surface area contributed by atoms with Crippen molar-refractivity contribution in [2.75, 3.05) is 0 Å². The molecule has 10 heavy (non-hydrogen) atoms. The van der Waals surface area contributed by atoms with Gasteiger partial charge in [0.1, 0.15) is 5.69 Å². The standard InChI is InChI=1S/C6H4N2O2/c9-5-3-4-6(10-5)8-2-1-7-4/h1-2H,3H2. The number of nitrogens with zero attached hydrogens (tertiary/aromatic N) is 2. The van der Waals surface area contributed by atoms with Gasteiger partial charge in [-0.25, -0.2) is 4.98 Å². The number of aromatic nitrogens is 2. The second kappa shape index (κ2) is 1.76. The van der Waals surface area contributed by atoms with E-state index < -0.39 is 0 Å². The molecule has 0 N–H and O–H groups in total. The van der Waals surface area contributed by atoms with Crippen LogP contribution in [0.1, 0.15) is 5.69 Å². The Kier molecular flexibility index (Phi) is 0.943. The Balaban J connectivity index is 2.51. The molecule has 4 heteroatoms. The van der Waals surface area contributed by atoms with Crippen LogP contribution in [0.5, 0.6) is 5.88 Å². The molecule has 0 unspecified atom stereocenters. The molecule has 2 heterocycles. The van der Waals surface area contributed by atoms with Crippen molar-refractivity contribution >= 4 is 5.97 Å². The van der Waals surface area contributed by atoms with Gasteiger partial charge in [-0.15, -0.1) is 0 Å². The van der Waals surface area contributed by atoms with E-state index in [4.69, 9.17) is 4.74 Å². The molecule has 1 aromatic heterocycles. The van der Waals surface area contributed by atoms with Crippen LogP contribution in [-0.4, -0.2) is 15.9 Å². The first-order valence-corrected chi connectivity index (χ1v) is 2.87. The molecule has 0 saturated heterocycles. The Labute approximate surface area is 56.9 Å². The van der Waals surface area contributed by atoms with Gasteiger partial charge in [0.05, 0.1) is 6.42 Å². The summed E-state index contributed by atoms with van der Waals surface area (Å²) < 4.78 is 4.69. The molecular weight excluding hydrogens is 132 g/mol. The normalized spacial score (nSPS) is 14.6. The SMILES string of the molecule is O=C1Cc2nccnc2O1. The van der Waals surface area contributed by atoms with Gasteiger partial charge in [0.15, 0.2) is 0 Å². The molecule has 1 aliphatic rings. The summed E-state index contributed by atoms with van der Waals surface area (Å²) >= 11 is 0. The van der Waals surface area contributed by atoms with Crippen molar-refractivity contribution in [1.29, 1.82) is 0 Å². The molecule has 50 valence electrons. The Morgan fingerprint density at radius 2 is 2.20 bits per heavy atom. The average molecular weight is 136 g/mol. The third kappa shape index (κ3) is 0.655. The van der Waals surface area contributed by atoms with E-state index in [-0.39, 0.29) is 12.4 Å². The van der Waals surface area contributed by atoms with E-state index >= 15 is 0 Å². The topological polar surface area (TPSA) is 52.1 Å². The van der Waals surface area contributed by atoms with Crippen molar-refractivity contribution in [3.05, 3.63) is 18.1 Å². The first-order valence-electron chi connectivity index (χ1n) is 2.87. The zero-order valence-corrected chi connectivity index (χ0v) is 5.07. The maximum atomic E-state index is 10.6. The Morgan fingerprint density at radius 1 is 1.40 bits per heavy atom. The maximum Gasteiger partial charge on any atom is 0.318 e. The molecule has 0 spiro atoms. The molecule has 1 aromatic rings. The molecule has 2 rings (SSSR count). The summed E-state index contributed by atoms with van der Waals surface area (Å²) in [6.07, 6.45) is 3.29. The van der Waals surface area contributed by atoms with Crippen molar-refractivity contribution in [2.24, 2.45) is 0 Å². The van der Waals surface area contributed by atoms with Gasteiger partial charge in [0, 0.05) is 12.4 Å². The highest BCUT2D eigenvalue weighted by atomic mass is 16.5. The highest BCUT2D eigenvalue weighted by Crippen LogP contribution is 2.18. The van der Waals surface area contributed by atoms with Crippen molar-refractivity contribution in [1.82, 2.24) is 9.97 Å². The van der Waals surface area contributed by atoms with E-state index in [0.717, 1.165) is 0 Å². The van der Waals surface area contributed by atoms with Crippen LogP contribution in [0.15, 0.2) is 12.4 Å². The van der Waals surface area contributed by atoms with E-state index in [9.17, 15) is 4.79 Å². The molecule has 0 atom stereocenters. The van der Waals surface area contributed by atoms with Crippen LogP contribution in [0.4, 0.5) is 0 Å². The lowest BCUT2D eigenvalue weighted by atomic mass is 10.3. The maximum absolute atomic E-state index is 10.6. The van der Waals surface area contributed by atoms with Crippen LogP contribution in [0.2, 0.25) is 0 Å². The monoisotopic (exact) mass is 136 g/mol. The molecule has 0 aliphatic carbocycles. The van der Waals surface area contributed by atoms with Crippen LogP contribution in [0.3, 0.4) is 0 Å². The zero-order valence-electron chi connectivity index (χ0n) is 5.07. The minimum atomic E-state index is -0.277. The molecule has 1 aliphatic heterocycles. The lowest BCUT2D eigenvalue weighted by Gasteiger charge is -1.89. The summed E-state index contributed by atoms with van der Waals surface area (Å²) in [6, 6.07) is 0. The zero-order chi connectivity index (χ0) is 6.97. The summed E-state index contributed by atoms with van der Waals surface area (Å²) in [4.78, 5) is 18.3. The van der Waals surface area contributed by atoms with E-state index in [1.807, 2.05) is 0 Å². The van der Waals surface area contributed by atoms with Crippen molar-refractivity contribution in [3.63, 3.8) is 0 Å². The van der Waals surface area contributed by atoms with Crippen LogP contribution in [-0.2, 0) is 11.2 Å². The lowest BCUT2D eigenvalue weighted by Crippen LogP contribution is -2.00. The molecule has 4 nitrogen and oxygen atoms in total. The molecule has 0 saturated carbocycles. The van der Waals surface area contributed by atoms with Crippen molar-refractivity contribution < 1.29 is 9.53 Å². The summed E-state index contributed by atoms with van der Waals surface area (Å²) in [5.74, 6) is 0.0775. The van der Waals surface area contributed by atoms with Gasteiger partial charge >= 0.3 is 5.97 Å². The predicted molar refractivity (Wildman–Crippen MR) is 31.4 cm³/mol. The third-order valence-corrected chi connectivity index (χ3v) is 1.26. The number of carbonyl (C=O) groups excluding carboxylic acids is 1. The summed E-state index contributed by atoms with van der Waals surface area (Å²) in [5.41, 5.74) is 0.632. The average Bonchev–Trinajstić information content (AvgIpc) is 2.27. The van der Waals surface area contributed by atoms with E-state index in [0.29, 0.717) is 11.6 Å². The quantitative estimate of drug-likeness (QED) is 0.469. The van der Waals surface area contributed by atoms with Gasteiger partial charge in [-0.1, -0.05) is 0 Å². The highest BCUT2D eigenvalue weighted by molar-refractivity contribution is 5.78. The fraction of sp³-hybridized carbons (Fsp3) is 0.167. The van der Waals surface area contributed by atoms with E-state index in [1.165, 1.54) is 6.20 Å². The van der Waals surface area contributed by atoms with Crippen LogP contribution in [0, 0.1) is 0 Å². The van der Waals surface area contributed by atoms with Gasteiger partial charge in [0.2, 0.25) is 5.88 Å². The number of esters is 1. The van der Waals surface area contributed by atoms with Crippen LogP contribution < -0.4 is 4.74 Å². The fourth-order valence-corrected chi connectivity index (χ4v) is 0.841. The highest BCUT2D eigenvalue weighted by Gasteiger charge is 2.21. The molecule has 0 bridgehead atoms. The molecular formula is C6H4N2O2. The number of hydrogen-bond donors (Lipinski definition) is 0. The first kappa shape index (κ1) is 5.34. The van der Waals surface area contributed by atoms with Gasteiger partial charge in [-0.2, -0.15) is 0 Å². The largest absolute Gasteiger partial charge is 0.405 e. The lowest BCUT2D eigenvalue weighted by molar-refractivity contribution is -0.132. The molecule has 0 radical (unpaired) electrons. The van der Waals surface area contributed by atoms with E-state index in [2.05, 4.69) is 9.97 Å². The smallest absolute Gasteiger partial charge is 0.318 e. The number of carbonyl (C=O) groups is 1. The van der Waals surface area contributed by atoms with Crippen LogP contribution >= 0.6 is 0 Å². The van der Waals surface area contributed by atoms with Gasteiger partial charge in [-0.3, -0.25) is 9.78 Å². The minimum Gasteiger partial charge on any atom is -0.405 e. The summed E-state index contributed by atoms with van der Waals surface area (Å²) in [6.45, 7) is 0. The van der Waals surface area contributed by atoms with E-state index in [1.54, 1.807) is 6.20 Å². The Hall–Kier alpha value is -1.45. The van der Waals surface area contributed by atoms with Gasteiger partial charge in [0.25, 0.3) is 0 Å². The first-order chi connectivity index (χ1) is 4.86. The van der Waals surface area contributed by atoms with Gasteiger partial charge < -0.3 is 4.74 Å². The van der Waals surface area contributed by atoms with Crippen molar-refractivity contribution in [3.8, 4) is 5.88 Å². The summed E-state index contributed by atoms with van der Waals surface area (Å²) in [7, 11) is 0.